The second kappa shape index (κ2) is 6.13. The lowest BCUT2D eigenvalue weighted by molar-refractivity contribution is 0.975. The van der Waals surface area contributed by atoms with Crippen LogP contribution in [0.2, 0.25) is 0 Å². The Kier molecular flexibility index (Phi) is 4.28. The highest BCUT2D eigenvalue weighted by Gasteiger charge is 2.08. The molecule has 100 valence electrons. The van der Waals surface area contributed by atoms with Crippen molar-refractivity contribution in [2.24, 2.45) is 0 Å². The second-order valence-electron chi connectivity index (χ2n) is 4.30. The minimum atomic E-state index is 0.656. The van der Waals surface area contributed by atoms with Crippen LogP contribution in [-0.4, -0.2) is 21.5 Å². The molecular formula is C14H19N5. The molecular weight excluding hydrogens is 238 g/mol. The largest absolute Gasteiger partial charge is 0.370 e. The molecule has 0 aromatic carbocycles. The van der Waals surface area contributed by atoms with E-state index in [1.807, 2.05) is 32.0 Å². The smallest absolute Gasteiger partial charge is 0.135 e. The average molecular weight is 257 g/mol. The third-order valence-electron chi connectivity index (χ3n) is 2.76. The summed E-state index contributed by atoms with van der Waals surface area (Å²) in [5, 5.41) is 6.56. The maximum atomic E-state index is 4.44. The molecule has 0 aliphatic carbocycles. The molecule has 0 unspecified atom stereocenters. The van der Waals surface area contributed by atoms with E-state index in [1.165, 1.54) is 0 Å². The summed E-state index contributed by atoms with van der Waals surface area (Å²) in [5.41, 5.74) is 2.02. The summed E-state index contributed by atoms with van der Waals surface area (Å²) in [6, 6.07) is 5.88. The zero-order valence-corrected chi connectivity index (χ0v) is 11.6. The summed E-state index contributed by atoms with van der Waals surface area (Å²) >= 11 is 0. The van der Waals surface area contributed by atoms with E-state index in [-0.39, 0.29) is 0 Å². The first-order chi connectivity index (χ1) is 9.20. The predicted octanol–water partition coefficient (Wildman–Crippen LogP) is 2.53. The molecule has 2 rings (SSSR count). The van der Waals surface area contributed by atoms with Crippen LogP contribution in [0.25, 0.3) is 0 Å². The summed E-state index contributed by atoms with van der Waals surface area (Å²) in [6.45, 7) is 7.46. The summed E-state index contributed by atoms with van der Waals surface area (Å²) in [4.78, 5) is 13.1. The van der Waals surface area contributed by atoms with Crippen molar-refractivity contribution in [3.63, 3.8) is 0 Å². The first kappa shape index (κ1) is 13.3. The lowest BCUT2D eigenvalue weighted by atomic mass is 10.3. The van der Waals surface area contributed by atoms with Gasteiger partial charge < -0.3 is 10.6 Å². The predicted molar refractivity (Wildman–Crippen MR) is 77.2 cm³/mol. The number of nitrogens with zero attached hydrogens (tertiary/aromatic N) is 3. The molecule has 2 aromatic rings. The van der Waals surface area contributed by atoms with E-state index in [1.54, 1.807) is 6.20 Å². The molecule has 0 atom stereocenters. The third kappa shape index (κ3) is 3.40. The molecule has 5 heteroatoms. The van der Waals surface area contributed by atoms with Crippen LogP contribution in [0, 0.1) is 13.8 Å². The van der Waals surface area contributed by atoms with Gasteiger partial charge in [0.05, 0.1) is 12.2 Å². The van der Waals surface area contributed by atoms with Crippen LogP contribution in [0.4, 0.5) is 11.6 Å². The van der Waals surface area contributed by atoms with E-state index in [0.29, 0.717) is 6.54 Å². The molecule has 19 heavy (non-hydrogen) atoms. The Morgan fingerprint density at radius 3 is 2.42 bits per heavy atom. The van der Waals surface area contributed by atoms with Gasteiger partial charge in [-0.15, -0.1) is 0 Å². The van der Waals surface area contributed by atoms with E-state index in [0.717, 1.165) is 35.3 Å². The number of rotatable bonds is 5. The Morgan fingerprint density at radius 2 is 1.79 bits per heavy atom. The van der Waals surface area contributed by atoms with Crippen molar-refractivity contribution in [1.29, 1.82) is 0 Å². The SMILES string of the molecule is CCNc1nc(C)nc(NCc2ccccn2)c1C. The highest BCUT2D eigenvalue weighted by atomic mass is 15.1. The van der Waals surface area contributed by atoms with Crippen LogP contribution in [-0.2, 0) is 6.54 Å². The van der Waals surface area contributed by atoms with Crippen molar-refractivity contribution in [2.45, 2.75) is 27.3 Å². The quantitative estimate of drug-likeness (QED) is 0.861. The molecule has 0 amide bonds. The summed E-state index contributed by atoms with van der Waals surface area (Å²) in [5.74, 6) is 2.50. The number of hydrogen-bond acceptors (Lipinski definition) is 5. The Morgan fingerprint density at radius 1 is 1.05 bits per heavy atom. The first-order valence-corrected chi connectivity index (χ1v) is 6.43. The Bertz CT molecular complexity index is 539. The van der Waals surface area contributed by atoms with Gasteiger partial charge in [0.1, 0.15) is 17.5 Å². The van der Waals surface area contributed by atoms with Gasteiger partial charge in [0.2, 0.25) is 0 Å². The fourth-order valence-electron chi connectivity index (χ4n) is 1.82. The van der Waals surface area contributed by atoms with Crippen LogP contribution in [0.5, 0.6) is 0 Å². The highest BCUT2D eigenvalue weighted by Crippen LogP contribution is 2.20. The Labute approximate surface area is 113 Å². The van der Waals surface area contributed by atoms with Crippen LogP contribution in [0.1, 0.15) is 24.0 Å². The number of hydrogen-bond donors (Lipinski definition) is 2. The molecule has 2 N–H and O–H groups in total. The molecule has 0 radical (unpaired) electrons. The number of aromatic nitrogens is 3. The number of pyridine rings is 1. The fraction of sp³-hybridized carbons (Fsp3) is 0.357. The fourth-order valence-corrected chi connectivity index (χ4v) is 1.82. The zero-order valence-electron chi connectivity index (χ0n) is 11.6. The molecule has 0 aliphatic rings. The van der Waals surface area contributed by atoms with E-state index >= 15 is 0 Å². The maximum absolute atomic E-state index is 4.44. The minimum absolute atomic E-state index is 0.656. The van der Waals surface area contributed by atoms with Crippen molar-refractivity contribution in [3.05, 3.63) is 41.5 Å². The Hall–Kier alpha value is -2.17. The van der Waals surface area contributed by atoms with Crippen LogP contribution >= 0.6 is 0 Å². The molecule has 0 bridgehead atoms. The van der Waals surface area contributed by atoms with Crippen molar-refractivity contribution in [2.75, 3.05) is 17.2 Å². The van der Waals surface area contributed by atoms with Gasteiger partial charge in [0.25, 0.3) is 0 Å². The van der Waals surface area contributed by atoms with Gasteiger partial charge in [-0.2, -0.15) is 0 Å². The molecule has 2 heterocycles. The van der Waals surface area contributed by atoms with E-state index in [9.17, 15) is 0 Å². The third-order valence-corrected chi connectivity index (χ3v) is 2.76. The minimum Gasteiger partial charge on any atom is -0.370 e. The van der Waals surface area contributed by atoms with E-state index in [4.69, 9.17) is 0 Å². The van der Waals surface area contributed by atoms with Gasteiger partial charge in [-0.05, 0) is 32.9 Å². The normalized spacial score (nSPS) is 10.3. The summed E-state index contributed by atoms with van der Waals surface area (Å²) in [6.07, 6.45) is 1.79. The van der Waals surface area contributed by atoms with Crippen molar-refractivity contribution < 1.29 is 0 Å². The second-order valence-corrected chi connectivity index (χ2v) is 4.30. The van der Waals surface area contributed by atoms with Gasteiger partial charge in [-0.3, -0.25) is 4.98 Å². The van der Waals surface area contributed by atoms with Crippen LogP contribution < -0.4 is 10.6 Å². The van der Waals surface area contributed by atoms with E-state index in [2.05, 4.69) is 32.5 Å². The van der Waals surface area contributed by atoms with Crippen molar-refractivity contribution in [1.82, 2.24) is 15.0 Å². The summed E-state index contributed by atoms with van der Waals surface area (Å²) in [7, 11) is 0. The van der Waals surface area contributed by atoms with E-state index < -0.39 is 0 Å². The summed E-state index contributed by atoms with van der Waals surface area (Å²) < 4.78 is 0. The monoisotopic (exact) mass is 257 g/mol. The lowest BCUT2D eigenvalue weighted by Crippen LogP contribution is -2.10. The topological polar surface area (TPSA) is 62.7 Å². The molecule has 2 aromatic heterocycles. The molecule has 0 saturated heterocycles. The van der Waals surface area contributed by atoms with Crippen LogP contribution in [0.15, 0.2) is 24.4 Å². The number of aryl methyl sites for hydroxylation is 1. The highest BCUT2D eigenvalue weighted by molar-refractivity contribution is 5.57. The van der Waals surface area contributed by atoms with Gasteiger partial charge in [-0.1, -0.05) is 6.07 Å². The van der Waals surface area contributed by atoms with Gasteiger partial charge >= 0.3 is 0 Å². The lowest BCUT2D eigenvalue weighted by Gasteiger charge is -2.13. The molecule has 5 nitrogen and oxygen atoms in total. The first-order valence-electron chi connectivity index (χ1n) is 6.43. The van der Waals surface area contributed by atoms with Crippen LogP contribution in [0.3, 0.4) is 0 Å². The van der Waals surface area contributed by atoms with Gasteiger partial charge in [0, 0.05) is 18.3 Å². The molecule has 0 saturated carbocycles. The average Bonchev–Trinajstić information content (AvgIpc) is 2.42. The van der Waals surface area contributed by atoms with Crippen molar-refractivity contribution in [3.8, 4) is 0 Å². The van der Waals surface area contributed by atoms with Gasteiger partial charge in [-0.25, -0.2) is 9.97 Å². The van der Waals surface area contributed by atoms with Gasteiger partial charge in [0.15, 0.2) is 0 Å². The standard InChI is InChI=1S/C14H19N5/c1-4-15-13-10(2)14(19-11(3)18-13)17-9-12-7-5-6-8-16-12/h5-8H,4,9H2,1-3H3,(H2,15,17,18,19). The molecule has 0 spiro atoms. The maximum Gasteiger partial charge on any atom is 0.135 e. The molecule has 0 fully saturated rings. The number of nitrogens with one attached hydrogen (secondary N) is 2. The zero-order chi connectivity index (χ0) is 13.7. The number of anilines is 2. The van der Waals surface area contributed by atoms with Crippen molar-refractivity contribution >= 4 is 11.6 Å². The Balaban J connectivity index is 2.16. The molecule has 0 aliphatic heterocycles.